The zero-order chi connectivity index (χ0) is 22.1. The van der Waals surface area contributed by atoms with Crippen molar-refractivity contribution in [1.82, 2.24) is 0 Å². The molecule has 0 bridgehead atoms. The summed E-state index contributed by atoms with van der Waals surface area (Å²) in [6.45, 7) is 8.07. The number of carbonyl (C=O) groups is 4. The Morgan fingerprint density at radius 1 is 0.655 bits per heavy atom. The van der Waals surface area contributed by atoms with E-state index in [4.69, 9.17) is 15.1 Å². The molecule has 0 heterocycles. The third-order valence-corrected chi connectivity index (χ3v) is 11.5. The van der Waals surface area contributed by atoms with Gasteiger partial charge in [-0.1, -0.05) is 0 Å². The molecule has 0 aliphatic heterocycles. The van der Waals surface area contributed by atoms with Crippen LogP contribution in [0.1, 0.15) is 66.2 Å². The van der Waals surface area contributed by atoms with Crippen LogP contribution in [0.2, 0.25) is 0 Å². The van der Waals surface area contributed by atoms with Gasteiger partial charge in [0.25, 0.3) is 0 Å². The molecule has 0 saturated heterocycles. The maximum absolute atomic E-state index is 13.1. The van der Waals surface area contributed by atoms with E-state index in [1.807, 2.05) is 13.8 Å². The van der Waals surface area contributed by atoms with Gasteiger partial charge >= 0.3 is 180 Å². The quantitative estimate of drug-likeness (QED) is 0.187. The van der Waals surface area contributed by atoms with Crippen molar-refractivity contribution in [1.29, 1.82) is 0 Å². The molecule has 8 nitrogen and oxygen atoms in total. The summed E-state index contributed by atoms with van der Waals surface area (Å²) in [7, 11) is 0. The SMILES string of the molecule is CCCC[O][Zr]([O]CCCC)([C](=O)CC(=O)COCC)[C](=O)CC(=O)COCC. The second-order valence-corrected chi connectivity index (χ2v) is 13.8. The van der Waals surface area contributed by atoms with Gasteiger partial charge in [0.15, 0.2) is 0 Å². The second-order valence-electron chi connectivity index (χ2n) is 6.57. The van der Waals surface area contributed by atoms with E-state index in [0.29, 0.717) is 26.1 Å². The third kappa shape index (κ3) is 11.4. The van der Waals surface area contributed by atoms with Crippen molar-refractivity contribution < 1.29 is 55.4 Å². The second kappa shape index (κ2) is 17.1. The van der Waals surface area contributed by atoms with Crippen LogP contribution in [-0.2, 0) is 55.4 Å². The van der Waals surface area contributed by atoms with E-state index in [-0.39, 0.29) is 26.4 Å². The fourth-order valence-electron chi connectivity index (χ4n) is 2.36. The number of rotatable bonds is 20. The average Bonchev–Trinajstić information content (AvgIpc) is 2.69. The minimum atomic E-state index is -5.06. The van der Waals surface area contributed by atoms with E-state index in [2.05, 4.69) is 0 Å². The fourth-order valence-corrected chi connectivity index (χ4v) is 9.15. The van der Waals surface area contributed by atoms with Crippen LogP contribution in [0.3, 0.4) is 0 Å². The molecule has 0 aromatic rings. The molecule has 0 amide bonds. The van der Waals surface area contributed by atoms with Gasteiger partial charge in [0.05, 0.1) is 0 Å². The summed E-state index contributed by atoms with van der Waals surface area (Å²) in [4.78, 5) is 50.3. The zero-order valence-corrected chi connectivity index (χ0v) is 20.7. The Morgan fingerprint density at radius 2 is 1.03 bits per heavy atom. The molecule has 0 radical (unpaired) electrons. The molecule has 0 atom stereocenters. The fraction of sp³-hybridized carbons (Fsp3) is 0.800. The van der Waals surface area contributed by atoms with Gasteiger partial charge in [0.2, 0.25) is 0 Å². The number of unbranched alkanes of at least 4 members (excludes halogenated alkanes) is 2. The van der Waals surface area contributed by atoms with E-state index in [1.165, 1.54) is 0 Å². The number of hydrogen-bond acceptors (Lipinski definition) is 8. The van der Waals surface area contributed by atoms with Gasteiger partial charge < -0.3 is 0 Å². The third-order valence-electron chi connectivity index (χ3n) is 3.99. The Kier molecular flexibility index (Phi) is 16.8. The van der Waals surface area contributed by atoms with Crippen molar-refractivity contribution in [3.05, 3.63) is 0 Å². The Morgan fingerprint density at radius 3 is 1.34 bits per heavy atom. The normalized spacial score (nSPS) is 11.4. The summed E-state index contributed by atoms with van der Waals surface area (Å²) in [6, 6.07) is 0. The van der Waals surface area contributed by atoms with E-state index in [9.17, 15) is 19.2 Å². The molecule has 0 saturated carbocycles. The van der Waals surface area contributed by atoms with E-state index in [0.717, 1.165) is 12.8 Å². The monoisotopic (exact) mass is 494 g/mol. The van der Waals surface area contributed by atoms with Gasteiger partial charge in [-0.3, -0.25) is 0 Å². The first-order valence-electron chi connectivity index (χ1n) is 10.4. The van der Waals surface area contributed by atoms with Gasteiger partial charge in [0, 0.05) is 0 Å². The molecule has 0 aromatic carbocycles. The van der Waals surface area contributed by atoms with Gasteiger partial charge in [-0.25, -0.2) is 0 Å². The van der Waals surface area contributed by atoms with Crippen LogP contribution in [0.5, 0.6) is 0 Å². The first kappa shape index (κ1) is 28.4. The predicted molar refractivity (Wildman–Crippen MR) is 104 cm³/mol. The molecule has 0 rings (SSSR count). The predicted octanol–water partition coefficient (Wildman–Crippen LogP) is 2.65. The molecule has 0 unspecified atom stereocenters. The van der Waals surface area contributed by atoms with Crippen molar-refractivity contribution >= 4 is 18.5 Å². The number of hydrogen-bond donors (Lipinski definition) is 0. The van der Waals surface area contributed by atoms with Crippen molar-refractivity contribution in [3.63, 3.8) is 0 Å². The van der Waals surface area contributed by atoms with E-state index in [1.54, 1.807) is 13.8 Å². The standard InChI is InChI=1S/2C6H9O3.2C4H9O.Zr/c2*1-2-9-5-6(8)3-4-7;2*1-2-3-4-5;/h2*2-3,5H2,1H3;2*2-4H2,1H3;/q;;2*-1;+2. The van der Waals surface area contributed by atoms with Crippen LogP contribution in [0.25, 0.3) is 0 Å². The molecule has 0 spiro atoms. The molecule has 0 aromatic heterocycles. The molecule has 0 N–H and O–H groups in total. The minimum absolute atomic E-state index is 0.190. The van der Waals surface area contributed by atoms with Crippen LogP contribution in [0, 0.1) is 0 Å². The number of ether oxygens (including phenoxy) is 2. The summed E-state index contributed by atoms with van der Waals surface area (Å²) >= 11 is -5.06. The van der Waals surface area contributed by atoms with Gasteiger partial charge in [-0.05, 0) is 0 Å². The van der Waals surface area contributed by atoms with Crippen LogP contribution < -0.4 is 0 Å². The van der Waals surface area contributed by atoms with Crippen molar-refractivity contribution in [2.24, 2.45) is 0 Å². The van der Waals surface area contributed by atoms with E-state index >= 15 is 0 Å². The molecule has 0 fully saturated rings. The Bertz CT molecular complexity index is 475. The van der Waals surface area contributed by atoms with E-state index < -0.39 is 52.5 Å². The Balaban J connectivity index is 5.57. The Labute approximate surface area is 179 Å². The van der Waals surface area contributed by atoms with Crippen LogP contribution in [-0.4, -0.2) is 58.2 Å². The number of carbonyl (C=O) groups excluding carboxylic acids is 4. The number of Topliss-reactive ketones (excluding diaryl/α,β-unsaturated/α-hetero) is 2. The Hall–Kier alpha value is -0.597. The van der Waals surface area contributed by atoms with Crippen LogP contribution >= 0.6 is 0 Å². The van der Waals surface area contributed by atoms with Gasteiger partial charge in [0.1, 0.15) is 0 Å². The van der Waals surface area contributed by atoms with Crippen molar-refractivity contribution in [3.8, 4) is 0 Å². The summed E-state index contributed by atoms with van der Waals surface area (Å²) in [5.74, 6) is -0.853. The summed E-state index contributed by atoms with van der Waals surface area (Å²) < 4.78 is 20.6. The van der Waals surface area contributed by atoms with Crippen LogP contribution in [0.4, 0.5) is 0 Å². The van der Waals surface area contributed by atoms with Crippen molar-refractivity contribution in [2.75, 3.05) is 39.6 Å². The van der Waals surface area contributed by atoms with Gasteiger partial charge in [-0.2, -0.15) is 0 Å². The molecular weight excluding hydrogens is 459 g/mol. The first-order chi connectivity index (χ1) is 13.9. The summed E-state index contributed by atoms with van der Waals surface area (Å²) in [6.07, 6.45) is 1.98. The topological polar surface area (TPSA) is 105 Å². The zero-order valence-electron chi connectivity index (χ0n) is 18.3. The van der Waals surface area contributed by atoms with Crippen LogP contribution in [0.15, 0.2) is 0 Å². The first-order valence-corrected chi connectivity index (χ1v) is 14.9. The molecule has 29 heavy (non-hydrogen) atoms. The molecule has 0 aliphatic rings. The molecule has 9 heteroatoms. The summed E-state index contributed by atoms with van der Waals surface area (Å²) in [5, 5.41) is 0. The molecule has 0 aliphatic carbocycles. The maximum atomic E-state index is 13.1. The molecule has 168 valence electrons. The summed E-state index contributed by atoms with van der Waals surface area (Å²) in [5.41, 5.74) is 0. The number of ketones is 2. The van der Waals surface area contributed by atoms with Crippen molar-refractivity contribution in [2.45, 2.75) is 66.2 Å². The average molecular weight is 496 g/mol. The van der Waals surface area contributed by atoms with Gasteiger partial charge in [-0.15, -0.1) is 0 Å². The molecular formula is C20H36O8Zr.